The molecule has 0 radical (unpaired) electrons. The molecule has 0 bridgehead atoms. The van der Waals surface area contributed by atoms with Gasteiger partial charge in [-0.25, -0.2) is 0 Å². The van der Waals surface area contributed by atoms with Crippen molar-refractivity contribution in [2.75, 3.05) is 0 Å². The maximum absolute atomic E-state index is 4.29. The standard InChI is InChI=1S/C17H20N2/c1-2-3-4-7-12-19-16-9-6-5-8-14(16)15-10-11-18-13-17(15)19/h5-6,8-11,13H,2-4,7,12H2,1H3. The number of pyridine rings is 1. The van der Waals surface area contributed by atoms with E-state index in [2.05, 4.69) is 46.8 Å². The molecular weight excluding hydrogens is 232 g/mol. The summed E-state index contributed by atoms with van der Waals surface area (Å²) in [6.45, 7) is 3.35. The van der Waals surface area contributed by atoms with Gasteiger partial charge in [-0.2, -0.15) is 0 Å². The summed E-state index contributed by atoms with van der Waals surface area (Å²) in [6.07, 6.45) is 9.05. The SMILES string of the molecule is CCCCCCn1c2ccccc2c2ccncc21. The van der Waals surface area contributed by atoms with E-state index in [0.717, 1.165) is 6.54 Å². The van der Waals surface area contributed by atoms with Crippen LogP contribution in [0.3, 0.4) is 0 Å². The van der Waals surface area contributed by atoms with Crippen LogP contribution < -0.4 is 0 Å². The third kappa shape index (κ3) is 2.23. The van der Waals surface area contributed by atoms with Crippen LogP contribution >= 0.6 is 0 Å². The van der Waals surface area contributed by atoms with Crippen LogP contribution in [0.15, 0.2) is 42.7 Å². The van der Waals surface area contributed by atoms with Crippen LogP contribution in [-0.4, -0.2) is 9.55 Å². The van der Waals surface area contributed by atoms with E-state index in [1.165, 1.54) is 47.5 Å². The first-order chi connectivity index (χ1) is 9.42. The van der Waals surface area contributed by atoms with Crippen molar-refractivity contribution in [3.63, 3.8) is 0 Å². The zero-order valence-corrected chi connectivity index (χ0v) is 11.5. The van der Waals surface area contributed by atoms with Crippen molar-refractivity contribution in [1.82, 2.24) is 9.55 Å². The highest BCUT2D eigenvalue weighted by molar-refractivity contribution is 6.07. The summed E-state index contributed by atoms with van der Waals surface area (Å²) in [5, 5.41) is 2.66. The lowest BCUT2D eigenvalue weighted by Gasteiger charge is -2.06. The lowest BCUT2D eigenvalue weighted by molar-refractivity contribution is 0.602. The van der Waals surface area contributed by atoms with E-state index >= 15 is 0 Å². The predicted octanol–water partition coefficient (Wildman–Crippen LogP) is 4.77. The summed E-state index contributed by atoms with van der Waals surface area (Å²) in [4.78, 5) is 4.29. The van der Waals surface area contributed by atoms with Crippen molar-refractivity contribution >= 4 is 21.8 Å². The zero-order valence-electron chi connectivity index (χ0n) is 11.5. The Hall–Kier alpha value is -1.83. The second kappa shape index (κ2) is 5.43. The first-order valence-electron chi connectivity index (χ1n) is 7.22. The molecule has 0 fully saturated rings. The fourth-order valence-electron chi connectivity index (χ4n) is 2.83. The number of aryl methyl sites for hydroxylation is 1. The van der Waals surface area contributed by atoms with Crippen LogP contribution in [0.25, 0.3) is 21.8 Å². The molecule has 0 saturated carbocycles. The molecule has 0 aliphatic rings. The van der Waals surface area contributed by atoms with Gasteiger partial charge in [0.05, 0.1) is 11.7 Å². The average molecular weight is 252 g/mol. The molecule has 19 heavy (non-hydrogen) atoms. The highest BCUT2D eigenvalue weighted by Crippen LogP contribution is 2.28. The van der Waals surface area contributed by atoms with Gasteiger partial charge in [0.25, 0.3) is 0 Å². The Labute approximate surface area is 114 Å². The monoisotopic (exact) mass is 252 g/mol. The summed E-state index contributed by atoms with van der Waals surface area (Å²) >= 11 is 0. The molecule has 0 unspecified atom stereocenters. The Morgan fingerprint density at radius 1 is 0.947 bits per heavy atom. The number of para-hydroxylation sites is 1. The van der Waals surface area contributed by atoms with Crippen LogP contribution in [0.4, 0.5) is 0 Å². The molecule has 3 rings (SSSR count). The van der Waals surface area contributed by atoms with Gasteiger partial charge >= 0.3 is 0 Å². The first-order valence-corrected chi connectivity index (χ1v) is 7.22. The topological polar surface area (TPSA) is 17.8 Å². The van der Waals surface area contributed by atoms with E-state index in [1.54, 1.807) is 0 Å². The molecule has 2 heteroatoms. The van der Waals surface area contributed by atoms with E-state index < -0.39 is 0 Å². The average Bonchev–Trinajstić information content (AvgIpc) is 2.78. The summed E-state index contributed by atoms with van der Waals surface area (Å²) in [5.74, 6) is 0. The van der Waals surface area contributed by atoms with Gasteiger partial charge in [-0.05, 0) is 18.6 Å². The smallest absolute Gasteiger partial charge is 0.0677 e. The highest BCUT2D eigenvalue weighted by atomic mass is 15.0. The molecule has 2 heterocycles. The maximum atomic E-state index is 4.29. The number of benzene rings is 1. The van der Waals surface area contributed by atoms with Gasteiger partial charge in [-0.15, -0.1) is 0 Å². The second-order valence-electron chi connectivity index (χ2n) is 5.12. The van der Waals surface area contributed by atoms with Crippen LogP contribution in [-0.2, 0) is 6.54 Å². The van der Waals surface area contributed by atoms with Crippen molar-refractivity contribution in [3.05, 3.63) is 42.7 Å². The van der Waals surface area contributed by atoms with E-state index in [-0.39, 0.29) is 0 Å². The normalized spacial score (nSPS) is 11.4. The Balaban J connectivity index is 2.04. The number of fused-ring (bicyclic) bond motifs is 3. The molecule has 0 atom stereocenters. The fourth-order valence-corrected chi connectivity index (χ4v) is 2.83. The van der Waals surface area contributed by atoms with Gasteiger partial charge in [0.2, 0.25) is 0 Å². The van der Waals surface area contributed by atoms with Gasteiger partial charge in [-0.1, -0.05) is 44.4 Å². The van der Waals surface area contributed by atoms with Gasteiger partial charge in [0.15, 0.2) is 0 Å². The van der Waals surface area contributed by atoms with E-state index in [0.29, 0.717) is 0 Å². The quantitative estimate of drug-likeness (QED) is 0.598. The van der Waals surface area contributed by atoms with E-state index in [1.807, 2.05) is 12.4 Å². The zero-order chi connectivity index (χ0) is 13.1. The van der Waals surface area contributed by atoms with Crippen LogP contribution in [0.5, 0.6) is 0 Å². The molecule has 98 valence electrons. The lowest BCUT2D eigenvalue weighted by Crippen LogP contribution is -1.97. The molecule has 0 saturated heterocycles. The fraction of sp³-hybridized carbons (Fsp3) is 0.353. The number of nitrogens with zero attached hydrogens (tertiary/aromatic N) is 2. The highest BCUT2D eigenvalue weighted by Gasteiger charge is 2.09. The number of rotatable bonds is 5. The van der Waals surface area contributed by atoms with Crippen molar-refractivity contribution in [3.8, 4) is 0 Å². The van der Waals surface area contributed by atoms with Crippen molar-refractivity contribution < 1.29 is 0 Å². The minimum Gasteiger partial charge on any atom is -0.339 e. The minimum atomic E-state index is 1.09. The van der Waals surface area contributed by atoms with Crippen LogP contribution in [0, 0.1) is 0 Å². The predicted molar refractivity (Wildman–Crippen MR) is 81.4 cm³/mol. The Morgan fingerprint density at radius 3 is 2.68 bits per heavy atom. The Kier molecular flexibility index (Phi) is 3.49. The van der Waals surface area contributed by atoms with E-state index in [4.69, 9.17) is 0 Å². The molecule has 0 spiro atoms. The second-order valence-corrected chi connectivity index (χ2v) is 5.12. The first kappa shape index (κ1) is 12.2. The maximum Gasteiger partial charge on any atom is 0.0677 e. The summed E-state index contributed by atoms with van der Waals surface area (Å²) in [5.41, 5.74) is 2.60. The summed E-state index contributed by atoms with van der Waals surface area (Å²) < 4.78 is 2.42. The molecule has 0 aliphatic carbocycles. The molecule has 0 amide bonds. The molecule has 2 aromatic heterocycles. The van der Waals surface area contributed by atoms with Crippen LogP contribution in [0.2, 0.25) is 0 Å². The molecule has 0 N–H and O–H groups in total. The van der Waals surface area contributed by atoms with Crippen molar-refractivity contribution in [2.45, 2.75) is 39.2 Å². The molecule has 3 aromatic rings. The third-order valence-electron chi connectivity index (χ3n) is 3.81. The van der Waals surface area contributed by atoms with Gasteiger partial charge in [-0.3, -0.25) is 4.98 Å². The Morgan fingerprint density at radius 2 is 1.79 bits per heavy atom. The molecule has 1 aromatic carbocycles. The van der Waals surface area contributed by atoms with Gasteiger partial charge in [0.1, 0.15) is 0 Å². The largest absolute Gasteiger partial charge is 0.339 e. The number of hydrogen-bond acceptors (Lipinski definition) is 1. The minimum absolute atomic E-state index is 1.09. The van der Waals surface area contributed by atoms with Gasteiger partial charge < -0.3 is 4.57 Å². The number of aromatic nitrogens is 2. The summed E-state index contributed by atoms with van der Waals surface area (Å²) in [6, 6.07) is 10.8. The van der Waals surface area contributed by atoms with Crippen molar-refractivity contribution in [2.24, 2.45) is 0 Å². The van der Waals surface area contributed by atoms with Crippen molar-refractivity contribution in [1.29, 1.82) is 0 Å². The number of unbranched alkanes of at least 4 members (excludes halogenated alkanes) is 3. The van der Waals surface area contributed by atoms with Gasteiger partial charge in [0, 0.05) is 29.0 Å². The summed E-state index contributed by atoms with van der Waals surface area (Å²) in [7, 11) is 0. The molecule has 2 nitrogen and oxygen atoms in total. The van der Waals surface area contributed by atoms with E-state index in [9.17, 15) is 0 Å². The van der Waals surface area contributed by atoms with Crippen LogP contribution in [0.1, 0.15) is 32.6 Å². The molecular formula is C17H20N2. The molecule has 0 aliphatic heterocycles. The lowest BCUT2D eigenvalue weighted by atomic mass is 10.2. The Bertz CT molecular complexity index is 629. The third-order valence-corrected chi connectivity index (χ3v) is 3.81. The number of hydrogen-bond donors (Lipinski definition) is 0.